The van der Waals surface area contributed by atoms with Crippen molar-refractivity contribution in [2.75, 3.05) is 16.0 Å². The molecule has 5 nitrogen and oxygen atoms in total. The number of rotatable bonds is 5. The zero-order chi connectivity index (χ0) is 19.4. The molecule has 1 aliphatic carbocycles. The van der Waals surface area contributed by atoms with Crippen LogP contribution in [-0.2, 0) is 10.2 Å². The maximum absolute atomic E-state index is 12.8. The Labute approximate surface area is 163 Å². The summed E-state index contributed by atoms with van der Waals surface area (Å²) in [7, 11) is 0. The third kappa shape index (κ3) is 3.88. The lowest BCUT2D eigenvalue weighted by Gasteiger charge is -2.16. The SMILES string of the molecule is O=C(Nc1ccccc1)Nc1ccc(NC(=O)C2(c3ccccc3)CC2)cc1. The topological polar surface area (TPSA) is 70.2 Å². The molecule has 4 rings (SSSR count). The van der Waals surface area contributed by atoms with Crippen LogP contribution < -0.4 is 16.0 Å². The molecule has 5 heteroatoms. The number of benzene rings is 3. The minimum Gasteiger partial charge on any atom is -0.325 e. The summed E-state index contributed by atoms with van der Waals surface area (Å²) in [6.07, 6.45) is 1.73. The fraction of sp³-hybridized carbons (Fsp3) is 0.130. The number of nitrogens with one attached hydrogen (secondary N) is 3. The van der Waals surface area contributed by atoms with Gasteiger partial charge in [-0.1, -0.05) is 48.5 Å². The van der Waals surface area contributed by atoms with Crippen LogP contribution in [0.3, 0.4) is 0 Å². The Hall–Kier alpha value is -3.60. The molecule has 1 aliphatic rings. The van der Waals surface area contributed by atoms with Crippen molar-refractivity contribution in [3.8, 4) is 0 Å². The van der Waals surface area contributed by atoms with Crippen LogP contribution in [-0.4, -0.2) is 11.9 Å². The molecule has 3 amide bonds. The first-order valence-corrected chi connectivity index (χ1v) is 9.26. The first kappa shape index (κ1) is 17.8. The lowest BCUT2D eigenvalue weighted by atomic mass is 9.95. The smallest absolute Gasteiger partial charge is 0.323 e. The van der Waals surface area contributed by atoms with Crippen molar-refractivity contribution in [1.82, 2.24) is 0 Å². The van der Waals surface area contributed by atoms with E-state index in [4.69, 9.17) is 0 Å². The van der Waals surface area contributed by atoms with Gasteiger partial charge in [0.25, 0.3) is 0 Å². The molecular formula is C23H21N3O2. The molecule has 3 N–H and O–H groups in total. The highest BCUT2D eigenvalue weighted by molar-refractivity contribution is 6.02. The van der Waals surface area contributed by atoms with Gasteiger partial charge >= 0.3 is 6.03 Å². The Morgan fingerprint density at radius 1 is 0.607 bits per heavy atom. The number of urea groups is 1. The van der Waals surface area contributed by atoms with E-state index in [1.807, 2.05) is 60.7 Å². The van der Waals surface area contributed by atoms with Crippen LogP contribution in [0.4, 0.5) is 21.9 Å². The van der Waals surface area contributed by atoms with Crippen LogP contribution in [0.15, 0.2) is 84.9 Å². The average Bonchev–Trinajstić information content (AvgIpc) is 3.53. The highest BCUT2D eigenvalue weighted by Crippen LogP contribution is 2.48. The first-order valence-electron chi connectivity index (χ1n) is 9.26. The minimum atomic E-state index is -0.409. The van der Waals surface area contributed by atoms with Gasteiger partial charge in [-0.15, -0.1) is 0 Å². The largest absolute Gasteiger partial charge is 0.325 e. The maximum atomic E-state index is 12.8. The number of anilines is 3. The summed E-state index contributed by atoms with van der Waals surface area (Å²) in [6.45, 7) is 0. The van der Waals surface area contributed by atoms with E-state index >= 15 is 0 Å². The Balaban J connectivity index is 1.36. The van der Waals surface area contributed by atoms with Crippen LogP contribution in [0.5, 0.6) is 0 Å². The number of carbonyl (C=O) groups is 2. The second-order valence-corrected chi connectivity index (χ2v) is 6.92. The van der Waals surface area contributed by atoms with Crippen LogP contribution in [0, 0.1) is 0 Å². The van der Waals surface area contributed by atoms with Crippen molar-refractivity contribution in [3.63, 3.8) is 0 Å². The predicted molar refractivity (Wildman–Crippen MR) is 112 cm³/mol. The molecule has 3 aromatic rings. The third-order valence-corrected chi connectivity index (χ3v) is 4.94. The van der Waals surface area contributed by atoms with Crippen molar-refractivity contribution in [2.45, 2.75) is 18.3 Å². The molecule has 3 aromatic carbocycles. The summed E-state index contributed by atoms with van der Waals surface area (Å²) in [5.74, 6) is 0.0150. The van der Waals surface area contributed by atoms with E-state index in [0.29, 0.717) is 11.4 Å². The average molecular weight is 371 g/mol. The normalized spacial score (nSPS) is 14.0. The van der Waals surface area contributed by atoms with Gasteiger partial charge in [-0.25, -0.2) is 4.79 Å². The monoisotopic (exact) mass is 371 g/mol. The summed E-state index contributed by atoms with van der Waals surface area (Å²) >= 11 is 0. The fourth-order valence-electron chi connectivity index (χ4n) is 3.23. The Kier molecular flexibility index (Phi) is 4.81. The second-order valence-electron chi connectivity index (χ2n) is 6.92. The molecule has 0 atom stereocenters. The van der Waals surface area contributed by atoms with Gasteiger partial charge in [0.15, 0.2) is 0 Å². The van der Waals surface area contributed by atoms with Gasteiger partial charge in [0.1, 0.15) is 0 Å². The van der Waals surface area contributed by atoms with Gasteiger partial charge in [0.2, 0.25) is 5.91 Å². The molecule has 0 radical (unpaired) electrons. The molecule has 1 saturated carbocycles. The molecular weight excluding hydrogens is 350 g/mol. The van der Waals surface area contributed by atoms with E-state index in [-0.39, 0.29) is 11.9 Å². The third-order valence-electron chi connectivity index (χ3n) is 4.94. The number of carbonyl (C=O) groups excluding carboxylic acids is 2. The molecule has 0 spiro atoms. The molecule has 0 unspecified atom stereocenters. The Morgan fingerprint density at radius 2 is 1.07 bits per heavy atom. The van der Waals surface area contributed by atoms with Gasteiger partial charge in [-0.2, -0.15) is 0 Å². The molecule has 0 saturated heterocycles. The summed E-state index contributed by atoms with van der Waals surface area (Å²) in [4.78, 5) is 24.8. The highest BCUT2D eigenvalue weighted by atomic mass is 16.2. The second kappa shape index (κ2) is 7.56. The lowest BCUT2D eigenvalue weighted by Crippen LogP contribution is -2.27. The Morgan fingerprint density at radius 3 is 1.61 bits per heavy atom. The summed E-state index contributed by atoms with van der Waals surface area (Å²) in [5, 5.41) is 8.54. The molecule has 140 valence electrons. The zero-order valence-corrected chi connectivity index (χ0v) is 15.3. The summed E-state index contributed by atoms with van der Waals surface area (Å²) < 4.78 is 0. The highest BCUT2D eigenvalue weighted by Gasteiger charge is 2.51. The van der Waals surface area contributed by atoms with Crippen LogP contribution in [0.25, 0.3) is 0 Å². The van der Waals surface area contributed by atoms with Crippen molar-refractivity contribution < 1.29 is 9.59 Å². The van der Waals surface area contributed by atoms with Crippen molar-refractivity contribution in [3.05, 3.63) is 90.5 Å². The Bertz CT molecular complexity index is 966. The van der Waals surface area contributed by atoms with E-state index in [1.54, 1.807) is 24.3 Å². The molecule has 28 heavy (non-hydrogen) atoms. The van der Waals surface area contributed by atoms with Gasteiger partial charge in [-0.3, -0.25) is 4.79 Å². The standard InChI is InChI=1S/C23H21N3O2/c27-21(23(15-16-23)17-7-3-1-4-8-17)24-19-11-13-20(14-12-19)26-22(28)25-18-9-5-2-6-10-18/h1-14H,15-16H2,(H,24,27)(H2,25,26,28). The number of hydrogen-bond acceptors (Lipinski definition) is 2. The van der Waals surface area contributed by atoms with E-state index in [0.717, 1.165) is 24.1 Å². The van der Waals surface area contributed by atoms with E-state index in [2.05, 4.69) is 16.0 Å². The van der Waals surface area contributed by atoms with Gasteiger partial charge in [-0.05, 0) is 54.8 Å². The molecule has 0 heterocycles. The van der Waals surface area contributed by atoms with Gasteiger partial charge in [0, 0.05) is 17.1 Å². The molecule has 0 aliphatic heterocycles. The van der Waals surface area contributed by atoms with Crippen molar-refractivity contribution in [2.24, 2.45) is 0 Å². The van der Waals surface area contributed by atoms with Gasteiger partial charge in [0.05, 0.1) is 5.41 Å². The minimum absolute atomic E-state index is 0.0150. The van der Waals surface area contributed by atoms with Gasteiger partial charge < -0.3 is 16.0 Å². The zero-order valence-electron chi connectivity index (χ0n) is 15.3. The summed E-state index contributed by atoms with van der Waals surface area (Å²) in [5.41, 5.74) is 2.73. The van der Waals surface area contributed by atoms with Crippen molar-refractivity contribution >= 4 is 29.0 Å². The lowest BCUT2D eigenvalue weighted by molar-refractivity contribution is -0.118. The summed E-state index contributed by atoms with van der Waals surface area (Å²) in [6, 6.07) is 25.9. The van der Waals surface area contributed by atoms with Crippen molar-refractivity contribution in [1.29, 1.82) is 0 Å². The van der Waals surface area contributed by atoms with Crippen LogP contribution >= 0.6 is 0 Å². The van der Waals surface area contributed by atoms with E-state index in [1.165, 1.54) is 0 Å². The number of para-hydroxylation sites is 1. The van der Waals surface area contributed by atoms with E-state index < -0.39 is 5.41 Å². The first-order chi connectivity index (χ1) is 13.7. The molecule has 1 fully saturated rings. The molecule has 0 aromatic heterocycles. The van der Waals surface area contributed by atoms with Crippen LogP contribution in [0.1, 0.15) is 18.4 Å². The maximum Gasteiger partial charge on any atom is 0.323 e. The predicted octanol–water partition coefficient (Wildman–Crippen LogP) is 5.00. The fourth-order valence-corrected chi connectivity index (χ4v) is 3.23. The number of hydrogen-bond donors (Lipinski definition) is 3. The quantitative estimate of drug-likeness (QED) is 0.591. The van der Waals surface area contributed by atoms with E-state index in [9.17, 15) is 9.59 Å². The van der Waals surface area contributed by atoms with Crippen LogP contribution in [0.2, 0.25) is 0 Å². The number of amides is 3. The molecule has 0 bridgehead atoms.